The summed E-state index contributed by atoms with van der Waals surface area (Å²) in [5.74, 6) is -0.509. The van der Waals surface area contributed by atoms with Gasteiger partial charge in [-0.15, -0.1) is 15.3 Å². The standard InChI is InChI=1S/C45H34N8O8S2/c1-25-21-42(26(2)20-41(25)52-48-32-12-8-27-4-3-5-43(36(27)23-32)63(59,60)61)53-49-38-18-19-39(37-24-33(62(56,57)58)14-16-35(37)38)50-51-40-17-9-29-22-31(13-15-34(29)44(40)54)47-45(55)28-6-10-30(46)11-7-28/h3-24,54H,46H2,1-2H3,(H,47,55)(H,56,57,58)(H,59,60,61). The fourth-order valence-corrected chi connectivity index (χ4v) is 7.99. The van der Waals surface area contributed by atoms with E-state index in [1.165, 1.54) is 36.4 Å². The topological polar surface area (TPSA) is 258 Å². The summed E-state index contributed by atoms with van der Waals surface area (Å²) >= 11 is 0. The van der Waals surface area contributed by atoms with Crippen LogP contribution in [-0.2, 0) is 20.2 Å². The molecule has 0 bridgehead atoms. The average molecular weight is 879 g/mol. The minimum Gasteiger partial charge on any atom is -0.505 e. The Bertz CT molecular complexity index is 3500. The minimum atomic E-state index is -4.61. The molecule has 0 aliphatic carbocycles. The number of hydrogen-bond acceptors (Lipinski definition) is 13. The molecule has 0 aliphatic heterocycles. The van der Waals surface area contributed by atoms with Gasteiger partial charge in [0.25, 0.3) is 26.1 Å². The number of nitrogens with one attached hydrogen (secondary N) is 1. The highest BCUT2D eigenvalue weighted by molar-refractivity contribution is 7.86. The number of nitrogens with two attached hydrogens (primary N) is 1. The maximum Gasteiger partial charge on any atom is 0.295 e. The smallest absolute Gasteiger partial charge is 0.295 e. The zero-order valence-electron chi connectivity index (χ0n) is 33.2. The highest BCUT2D eigenvalue weighted by Gasteiger charge is 2.17. The van der Waals surface area contributed by atoms with Gasteiger partial charge >= 0.3 is 0 Å². The van der Waals surface area contributed by atoms with Gasteiger partial charge in [-0.3, -0.25) is 13.9 Å². The van der Waals surface area contributed by atoms with Crippen LogP contribution < -0.4 is 11.1 Å². The van der Waals surface area contributed by atoms with E-state index in [9.17, 15) is 35.8 Å². The molecule has 0 aromatic heterocycles. The molecule has 0 heterocycles. The first-order valence-electron chi connectivity index (χ1n) is 18.9. The zero-order valence-corrected chi connectivity index (χ0v) is 34.8. The molecule has 1 amide bonds. The summed E-state index contributed by atoms with van der Waals surface area (Å²) in [5.41, 5.74) is 10.6. The molecule has 0 aliphatic rings. The van der Waals surface area contributed by atoms with E-state index in [2.05, 4.69) is 36.0 Å². The van der Waals surface area contributed by atoms with Crippen molar-refractivity contribution >= 4 is 104 Å². The van der Waals surface area contributed by atoms with E-state index in [0.717, 1.165) is 0 Å². The molecule has 314 valence electrons. The normalized spacial score (nSPS) is 12.4. The van der Waals surface area contributed by atoms with Crippen molar-refractivity contribution in [3.8, 4) is 5.75 Å². The number of carbonyl (C=O) groups excluding carboxylic acids is 1. The molecule has 6 N–H and O–H groups in total. The summed E-state index contributed by atoms with van der Waals surface area (Å²) < 4.78 is 67.8. The summed E-state index contributed by atoms with van der Waals surface area (Å²) in [7, 11) is -9.07. The van der Waals surface area contributed by atoms with Crippen molar-refractivity contribution < 1.29 is 35.8 Å². The van der Waals surface area contributed by atoms with Gasteiger partial charge in [0.05, 0.1) is 33.3 Å². The van der Waals surface area contributed by atoms with Crippen LogP contribution in [0, 0.1) is 13.8 Å². The molecule has 16 nitrogen and oxygen atoms in total. The maximum atomic E-state index is 12.7. The first kappa shape index (κ1) is 41.9. The molecule has 0 saturated carbocycles. The van der Waals surface area contributed by atoms with Gasteiger partial charge in [-0.2, -0.15) is 32.2 Å². The van der Waals surface area contributed by atoms with Crippen LogP contribution in [0.3, 0.4) is 0 Å². The molecule has 0 unspecified atom stereocenters. The second kappa shape index (κ2) is 16.6. The predicted octanol–water partition coefficient (Wildman–Crippen LogP) is 12.0. The van der Waals surface area contributed by atoms with Gasteiger partial charge in [0.2, 0.25) is 0 Å². The van der Waals surface area contributed by atoms with E-state index >= 15 is 0 Å². The Balaban J connectivity index is 1.06. The lowest BCUT2D eigenvalue weighted by molar-refractivity contribution is 0.102. The monoisotopic (exact) mass is 878 g/mol. The highest BCUT2D eigenvalue weighted by atomic mass is 32.2. The Hall–Kier alpha value is -7.77. The Morgan fingerprint density at radius 1 is 0.540 bits per heavy atom. The van der Waals surface area contributed by atoms with Crippen LogP contribution in [0.5, 0.6) is 5.75 Å². The highest BCUT2D eigenvalue weighted by Crippen LogP contribution is 2.40. The number of benzene rings is 8. The molecule has 0 radical (unpaired) electrons. The lowest BCUT2D eigenvalue weighted by Crippen LogP contribution is -2.11. The number of aromatic hydroxyl groups is 1. The van der Waals surface area contributed by atoms with Crippen molar-refractivity contribution in [1.29, 1.82) is 0 Å². The third kappa shape index (κ3) is 9.00. The van der Waals surface area contributed by atoms with Gasteiger partial charge < -0.3 is 16.2 Å². The zero-order chi connectivity index (χ0) is 44.6. The van der Waals surface area contributed by atoms with E-state index in [1.807, 2.05) is 13.8 Å². The summed E-state index contributed by atoms with van der Waals surface area (Å²) in [6.07, 6.45) is 0. The first-order chi connectivity index (χ1) is 30.0. The fourth-order valence-electron chi connectivity index (χ4n) is 6.78. The number of phenols is 1. The number of rotatable bonds is 10. The van der Waals surface area contributed by atoms with Crippen molar-refractivity contribution in [1.82, 2.24) is 0 Å². The molecule has 0 spiro atoms. The van der Waals surface area contributed by atoms with Crippen LogP contribution in [0.25, 0.3) is 32.3 Å². The SMILES string of the molecule is Cc1cc(N=Nc2ccc(N=Nc3ccc4cc(NC(=O)c5ccc(N)cc5)ccc4c3O)c3cc(S(=O)(=O)O)ccc23)c(C)cc1N=Nc1ccc2cccc(S(=O)(=O)O)c2c1. The van der Waals surface area contributed by atoms with E-state index in [-0.39, 0.29) is 38.2 Å². The van der Waals surface area contributed by atoms with Crippen LogP contribution >= 0.6 is 0 Å². The van der Waals surface area contributed by atoms with Gasteiger partial charge in [0, 0.05) is 38.5 Å². The van der Waals surface area contributed by atoms with E-state index in [4.69, 9.17) is 5.73 Å². The summed E-state index contributed by atoms with van der Waals surface area (Å²) in [5, 5.41) is 42.9. The molecule has 18 heteroatoms. The Labute approximate surface area is 359 Å². The average Bonchev–Trinajstić information content (AvgIpc) is 3.25. The number of carbonyl (C=O) groups is 1. The Morgan fingerprint density at radius 2 is 1.14 bits per heavy atom. The molecule has 8 rings (SSSR count). The molecule has 63 heavy (non-hydrogen) atoms. The number of azo groups is 3. The Morgan fingerprint density at radius 3 is 1.83 bits per heavy atom. The molecule has 0 fully saturated rings. The number of fused-ring (bicyclic) bond motifs is 3. The van der Waals surface area contributed by atoms with Crippen LogP contribution in [0.4, 0.5) is 45.5 Å². The van der Waals surface area contributed by atoms with Crippen molar-refractivity contribution in [2.45, 2.75) is 23.6 Å². The maximum absolute atomic E-state index is 12.7. The number of anilines is 2. The van der Waals surface area contributed by atoms with Gasteiger partial charge in [0.15, 0.2) is 5.75 Å². The molecule has 0 atom stereocenters. The lowest BCUT2D eigenvalue weighted by atomic mass is 10.1. The van der Waals surface area contributed by atoms with Crippen LogP contribution in [0.1, 0.15) is 21.5 Å². The number of aryl methyl sites for hydroxylation is 2. The molecular formula is C45H34N8O8S2. The number of phenolic OH excluding ortho intramolecular Hbond substituents is 1. The van der Waals surface area contributed by atoms with Crippen molar-refractivity contribution in [2.75, 3.05) is 11.1 Å². The third-order valence-corrected chi connectivity index (χ3v) is 11.8. The van der Waals surface area contributed by atoms with Crippen molar-refractivity contribution in [2.24, 2.45) is 30.7 Å². The largest absolute Gasteiger partial charge is 0.505 e. The minimum absolute atomic E-state index is 0.112. The van der Waals surface area contributed by atoms with Crippen molar-refractivity contribution in [3.05, 3.63) is 150 Å². The van der Waals surface area contributed by atoms with Gasteiger partial charge in [-0.05, 0) is 139 Å². The summed E-state index contributed by atoms with van der Waals surface area (Å²) in [6.45, 7) is 3.62. The lowest BCUT2D eigenvalue weighted by Gasteiger charge is -2.09. The third-order valence-electron chi connectivity index (χ3n) is 10.1. The van der Waals surface area contributed by atoms with E-state index in [1.54, 1.807) is 97.1 Å². The summed E-state index contributed by atoms with van der Waals surface area (Å²) in [4.78, 5) is 12.1. The predicted molar refractivity (Wildman–Crippen MR) is 240 cm³/mol. The van der Waals surface area contributed by atoms with Crippen LogP contribution in [0.2, 0.25) is 0 Å². The van der Waals surface area contributed by atoms with Crippen LogP contribution in [-0.4, -0.2) is 37.0 Å². The van der Waals surface area contributed by atoms with E-state index < -0.39 is 20.2 Å². The molecular weight excluding hydrogens is 845 g/mol. The Kier molecular flexibility index (Phi) is 11.0. The van der Waals surface area contributed by atoms with Crippen molar-refractivity contribution in [3.63, 3.8) is 0 Å². The molecule has 8 aromatic carbocycles. The second-order valence-electron chi connectivity index (χ2n) is 14.4. The van der Waals surface area contributed by atoms with E-state index in [0.29, 0.717) is 77.7 Å². The quantitative estimate of drug-likeness (QED) is 0.0496. The molecule has 0 saturated heterocycles. The number of hydrogen-bond donors (Lipinski definition) is 5. The number of nitrogen functional groups attached to an aromatic ring is 1. The second-order valence-corrected chi connectivity index (χ2v) is 17.2. The number of amides is 1. The molecule has 8 aromatic rings. The van der Waals surface area contributed by atoms with Gasteiger partial charge in [0.1, 0.15) is 10.6 Å². The van der Waals surface area contributed by atoms with Gasteiger partial charge in [-0.25, -0.2) is 0 Å². The summed E-state index contributed by atoms with van der Waals surface area (Å²) in [6, 6.07) is 34.8. The van der Waals surface area contributed by atoms with Crippen LogP contribution in [0.15, 0.2) is 174 Å². The first-order valence-corrected chi connectivity index (χ1v) is 21.7. The van der Waals surface area contributed by atoms with Gasteiger partial charge in [-0.1, -0.05) is 30.3 Å². The number of nitrogens with zero attached hydrogens (tertiary/aromatic N) is 6. The fraction of sp³-hybridized carbons (Fsp3) is 0.0444.